The number of rotatable bonds is 8. The topological polar surface area (TPSA) is 102 Å². The Hall–Kier alpha value is -3.26. The second kappa shape index (κ2) is 9.98. The lowest BCUT2D eigenvalue weighted by Crippen LogP contribution is -2.38. The zero-order chi connectivity index (χ0) is 21.5. The summed E-state index contributed by atoms with van der Waals surface area (Å²) in [6, 6.07) is 13.4. The lowest BCUT2D eigenvalue weighted by atomic mass is 9.89. The molecular formula is C22H25N3O5. The van der Waals surface area contributed by atoms with Crippen molar-refractivity contribution in [2.24, 2.45) is 5.92 Å². The van der Waals surface area contributed by atoms with Crippen LogP contribution in [0.3, 0.4) is 0 Å². The number of amides is 1. The van der Waals surface area contributed by atoms with E-state index in [9.17, 15) is 19.7 Å². The molecule has 0 aromatic heterocycles. The molecule has 0 radical (unpaired) electrons. The highest BCUT2D eigenvalue weighted by Gasteiger charge is 2.26. The van der Waals surface area contributed by atoms with Crippen molar-refractivity contribution >= 4 is 23.1 Å². The van der Waals surface area contributed by atoms with E-state index < -0.39 is 4.92 Å². The van der Waals surface area contributed by atoms with E-state index in [4.69, 9.17) is 4.74 Å². The van der Waals surface area contributed by atoms with Crippen molar-refractivity contribution < 1.29 is 19.2 Å². The largest absolute Gasteiger partial charge is 0.494 e. The van der Waals surface area contributed by atoms with E-state index >= 15 is 0 Å². The van der Waals surface area contributed by atoms with E-state index in [1.807, 2.05) is 30.3 Å². The minimum Gasteiger partial charge on any atom is -0.494 e. The van der Waals surface area contributed by atoms with Crippen molar-refractivity contribution in [3.05, 3.63) is 64.2 Å². The highest BCUT2D eigenvalue weighted by Crippen LogP contribution is 2.29. The van der Waals surface area contributed by atoms with Crippen LogP contribution in [-0.4, -0.2) is 48.3 Å². The third kappa shape index (κ3) is 5.42. The number of benzene rings is 2. The highest BCUT2D eigenvalue weighted by atomic mass is 16.6. The van der Waals surface area contributed by atoms with Gasteiger partial charge in [0.15, 0.2) is 5.78 Å². The second-order valence-corrected chi connectivity index (χ2v) is 7.29. The number of piperidine rings is 1. The van der Waals surface area contributed by atoms with Crippen molar-refractivity contribution in [2.45, 2.75) is 19.3 Å². The first-order chi connectivity index (χ1) is 14.5. The number of nitro groups is 1. The van der Waals surface area contributed by atoms with Gasteiger partial charge >= 0.3 is 0 Å². The van der Waals surface area contributed by atoms with Gasteiger partial charge in [-0.2, -0.15) is 0 Å². The molecule has 3 rings (SSSR count). The molecule has 2 aromatic carbocycles. The summed E-state index contributed by atoms with van der Waals surface area (Å²) in [7, 11) is 1.40. The first kappa shape index (κ1) is 21.4. The quantitative estimate of drug-likeness (QED) is 0.405. The van der Waals surface area contributed by atoms with E-state index in [1.165, 1.54) is 25.3 Å². The van der Waals surface area contributed by atoms with Crippen molar-refractivity contribution in [3.63, 3.8) is 0 Å². The molecule has 0 spiro atoms. The van der Waals surface area contributed by atoms with Gasteiger partial charge in [0.25, 0.3) is 5.69 Å². The number of hydrogen-bond acceptors (Lipinski definition) is 6. The molecule has 8 heteroatoms. The molecule has 1 amide bonds. The first-order valence-electron chi connectivity index (χ1n) is 9.92. The Balaban J connectivity index is 1.46. The van der Waals surface area contributed by atoms with Gasteiger partial charge in [0, 0.05) is 30.5 Å². The van der Waals surface area contributed by atoms with Crippen molar-refractivity contribution in [3.8, 4) is 5.75 Å². The second-order valence-electron chi connectivity index (χ2n) is 7.29. The van der Waals surface area contributed by atoms with Crippen molar-refractivity contribution in [1.82, 2.24) is 4.90 Å². The molecule has 0 bridgehead atoms. The van der Waals surface area contributed by atoms with Crippen LogP contribution in [-0.2, 0) is 4.79 Å². The Labute approximate surface area is 175 Å². The van der Waals surface area contributed by atoms with Gasteiger partial charge in [0.1, 0.15) is 5.75 Å². The molecule has 1 heterocycles. The summed E-state index contributed by atoms with van der Waals surface area (Å²) in [6.07, 6.45) is 1.86. The predicted molar refractivity (Wildman–Crippen MR) is 113 cm³/mol. The van der Waals surface area contributed by atoms with Crippen molar-refractivity contribution in [2.75, 3.05) is 32.1 Å². The van der Waals surface area contributed by atoms with Crippen LogP contribution in [0.4, 0.5) is 11.4 Å². The minimum atomic E-state index is -0.514. The monoisotopic (exact) mass is 411 g/mol. The minimum absolute atomic E-state index is 0.0295. The van der Waals surface area contributed by atoms with Gasteiger partial charge in [0.05, 0.1) is 23.8 Å². The third-order valence-electron chi connectivity index (χ3n) is 5.34. The van der Waals surface area contributed by atoms with Gasteiger partial charge in [0.2, 0.25) is 5.91 Å². The molecule has 158 valence electrons. The van der Waals surface area contributed by atoms with Gasteiger partial charge in [-0.15, -0.1) is 0 Å². The van der Waals surface area contributed by atoms with E-state index in [0.29, 0.717) is 12.2 Å². The molecule has 0 aliphatic carbocycles. The predicted octanol–water partition coefficient (Wildman–Crippen LogP) is 3.53. The van der Waals surface area contributed by atoms with E-state index in [0.717, 1.165) is 31.5 Å². The molecule has 8 nitrogen and oxygen atoms in total. The molecule has 1 N–H and O–H groups in total. The number of hydrogen-bond donors (Lipinski definition) is 1. The summed E-state index contributed by atoms with van der Waals surface area (Å²) in [6.45, 7) is 2.14. The lowest BCUT2D eigenvalue weighted by molar-refractivity contribution is -0.384. The number of carbonyl (C=O) groups is 2. The fraction of sp³-hybridized carbons (Fsp3) is 0.364. The zero-order valence-corrected chi connectivity index (χ0v) is 16.9. The van der Waals surface area contributed by atoms with E-state index in [1.54, 1.807) is 0 Å². The maximum absolute atomic E-state index is 12.6. The van der Waals surface area contributed by atoms with Crippen molar-refractivity contribution in [1.29, 1.82) is 0 Å². The summed E-state index contributed by atoms with van der Waals surface area (Å²) in [4.78, 5) is 37.4. The number of anilines is 1. The maximum atomic E-state index is 12.6. The molecule has 2 aromatic rings. The average Bonchev–Trinajstić information content (AvgIpc) is 2.78. The molecule has 0 atom stereocenters. The Morgan fingerprint density at radius 2 is 1.87 bits per heavy atom. The van der Waals surface area contributed by atoms with E-state index in [-0.39, 0.29) is 35.5 Å². The van der Waals surface area contributed by atoms with Gasteiger partial charge in [-0.05, 0) is 32.0 Å². The van der Waals surface area contributed by atoms with E-state index in [2.05, 4.69) is 10.2 Å². The number of likely N-dealkylation sites (tertiary alicyclic amines) is 1. The molecule has 0 unspecified atom stereocenters. The van der Waals surface area contributed by atoms with Gasteiger partial charge < -0.3 is 15.0 Å². The number of ether oxygens (including phenoxy) is 1. The van der Waals surface area contributed by atoms with Crippen LogP contribution in [0.15, 0.2) is 48.5 Å². The molecule has 1 saturated heterocycles. The maximum Gasteiger partial charge on any atom is 0.273 e. The molecule has 0 saturated carbocycles. The van der Waals surface area contributed by atoms with Gasteiger partial charge in [-0.25, -0.2) is 0 Å². The lowest BCUT2D eigenvalue weighted by Gasteiger charge is -2.31. The smallest absolute Gasteiger partial charge is 0.273 e. The number of Topliss-reactive ketones (excluding diaryl/α,β-unsaturated/α-hetero) is 1. The highest BCUT2D eigenvalue weighted by molar-refractivity contribution is 5.97. The average molecular weight is 411 g/mol. The fourth-order valence-corrected chi connectivity index (χ4v) is 3.63. The summed E-state index contributed by atoms with van der Waals surface area (Å²) in [5.41, 5.74) is 1.06. The van der Waals surface area contributed by atoms with Crippen LogP contribution in [0.5, 0.6) is 5.75 Å². The number of nitro benzene ring substituents is 1. The Kier molecular flexibility index (Phi) is 7.13. The first-order valence-corrected chi connectivity index (χ1v) is 9.92. The van der Waals surface area contributed by atoms with Crippen LogP contribution < -0.4 is 10.1 Å². The summed E-state index contributed by atoms with van der Waals surface area (Å²) >= 11 is 0. The van der Waals surface area contributed by atoms with Crippen LogP contribution in [0.25, 0.3) is 0 Å². The third-order valence-corrected chi connectivity index (χ3v) is 5.34. The van der Waals surface area contributed by atoms with Crippen LogP contribution >= 0.6 is 0 Å². The number of non-ortho nitro benzene ring substituents is 1. The van der Waals surface area contributed by atoms with Crippen LogP contribution in [0, 0.1) is 16.0 Å². The summed E-state index contributed by atoms with van der Waals surface area (Å²) in [5.74, 6) is 0.280. The Bertz CT molecular complexity index is 908. The Morgan fingerprint density at radius 1 is 1.17 bits per heavy atom. The van der Waals surface area contributed by atoms with Crippen LogP contribution in [0.2, 0.25) is 0 Å². The normalized spacial score (nSPS) is 14.8. The molecule has 1 aliphatic rings. The zero-order valence-electron chi connectivity index (χ0n) is 16.9. The number of carbonyl (C=O) groups excluding carboxylic acids is 2. The molecule has 1 aliphatic heterocycles. The fourth-order valence-electron chi connectivity index (χ4n) is 3.63. The van der Waals surface area contributed by atoms with Gasteiger partial charge in [-0.1, -0.05) is 30.3 Å². The molecule has 30 heavy (non-hydrogen) atoms. The number of nitrogens with one attached hydrogen (secondary N) is 1. The van der Waals surface area contributed by atoms with Crippen LogP contribution in [0.1, 0.15) is 29.6 Å². The summed E-state index contributed by atoms with van der Waals surface area (Å²) < 4.78 is 5.14. The standard InChI is InChI=1S/C22H25N3O5/c1-30-20-15-18(25(28)29)7-8-19(20)23-21(26)11-14-24-12-9-17(10-13-24)22(27)16-5-3-2-4-6-16/h2-8,15,17H,9-14H2,1H3,(H,23,26). The Morgan fingerprint density at radius 3 is 2.50 bits per heavy atom. The SMILES string of the molecule is COc1cc([N+](=O)[O-])ccc1NC(=O)CCN1CCC(C(=O)c2ccccc2)CC1. The molecular weight excluding hydrogens is 386 g/mol. The molecule has 1 fully saturated rings. The summed E-state index contributed by atoms with van der Waals surface area (Å²) in [5, 5.41) is 13.6. The van der Waals surface area contributed by atoms with Gasteiger partial charge in [-0.3, -0.25) is 19.7 Å². The number of methoxy groups -OCH3 is 1. The number of nitrogens with zero attached hydrogens (tertiary/aromatic N) is 2. The number of ketones is 1.